The number of aromatic nitrogens is 1. The number of nitrogens with zero attached hydrogens (tertiary/aromatic N) is 1. The van der Waals surface area contributed by atoms with Crippen LogP contribution in [0, 0.1) is 0 Å². The highest BCUT2D eigenvalue weighted by Gasteiger charge is 2.30. The maximum Gasteiger partial charge on any atom is 0.270 e. The number of hydrogen-bond acceptors (Lipinski definition) is 1. The van der Waals surface area contributed by atoms with E-state index in [1.807, 2.05) is 35.2 Å². The van der Waals surface area contributed by atoms with E-state index >= 15 is 0 Å². The first-order valence-corrected chi connectivity index (χ1v) is 10.3. The zero-order valence-electron chi connectivity index (χ0n) is 11.6. The first kappa shape index (κ1) is 12.5. The van der Waals surface area contributed by atoms with Crippen molar-refractivity contribution in [3.05, 3.63) is 36.0 Å². The first-order valence-electron chi connectivity index (χ1n) is 6.92. The molecule has 0 spiro atoms. The van der Waals surface area contributed by atoms with Gasteiger partial charge in [-0.2, -0.15) is 0 Å². The van der Waals surface area contributed by atoms with E-state index in [1.54, 1.807) is 0 Å². The van der Waals surface area contributed by atoms with Crippen molar-refractivity contribution in [3.8, 4) is 0 Å². The molecule has 1 aromatic carbocycles. The monoisotopic (exact) mass is 272 g/mol. The summed E-state index contributed by atoms with van der Waals surface area (Å²) in [6, 6.07) is 12.4. The minimum absolute atomic E-state index is 0.153. The highest BCUT2D eigenvalue weighted by Crippen LogP contribution is 2.24. The molecule has 0 unspecified atom stereocenters. The van der Waals surface area contributed by atoms with Crippen LogP contribution in [0.4, 0.5) is 0 Å². The van der Waals surface area contributed by atoms with E-state index in [4.69, 9.17) is 0 Å². The molecule has 3 rings (SSSR count). The molecule has 1 aromatic heterocycles. The number of amides is 1. The fraction of sp³-hybridized carbons (Fsp3) is 0.400. The fourth-order valence-electron chi connectivity index (χ4n) is 2.67. The number of benzene rings is 1. The molecule has 1 saturated heterocycles. The zero-order chi connectivity index (χ0) is 13.5. The molecular weight excluding hydrogens is 252 g/mol. The number of aromatic amines is 1. The number of carbonyl (C=O) groups is 1. The summed E-state index contributed by atoms with van der Waals surface area (Å²) in [4.78, 5) is 17.7. The van der Waals surface area contributed by atoms with Gasteiger partial charge in [0.15, 0.2) is 0 Å². The van der Waals surface area contributed by atoms with Crippen LogP contribution in [-0.2, 0) is 0 Å². The van der Waals surface area contributed by atoms with Crippen molar-refractivity contribution in [1.29, 1.82) is 0 Å². The van der Waals surface area contributed by atoms with E-state index < -0.39 is 8.07 Å². The molecule has 100 valence electrons. The van der Waals surface area contributed by atoms with E-state index in [9.17, 15) is 4.79 Å². The summed E-state index contributed by atoms with van der Waals surface area (Å²) >= 11 is 0. The summed E-state index contributed by atoms with van der Waals surface area (Å²) in [7, 11) is -1.01. The highest BCUT2D eigenvalue weighted by atomic mass is 28.3. The van der Waals surface area contributed by atoms with Crippen molar-refractivity contribution in [2.45, 2.75) is 25.2 Å². The van der Waals surface area contributed by atoms with Crippen LogP contribution in [-0.4, -0.2) is 37.0 Å². The van der Waals surface area contributed by atoms with Gasteiger partial charge in [-0.15, -0.1) is 0 Å². The molecule has 1 aliphatic rings. The van der Waals surface area contributed by atoms with Crippen LogP contribution in [0.15, 0.2) is 30.3 Å². The van der Waals surface area contributed by atoms with Crippen LogP contribution in [0.3, 0.4) is 0 Å². The number of hydrogen-bond donors (Lipinski definition) is 1. The summed E-state index contributed by atoms with van der Waals surface area (Å²) in [6.45, 7) is 6.68. The third kappa shape index (κ3) is 2.45. The minimum atomic E-state index is -1.01. The van der Waals surface area contributed by atoms with Crippen LogP contribution in [0.1, 0.15) is 10.5 Å². The molecule has 1 fully saturated rings. The molecule has 0 bridgehead atoms. The van der Waals surface area contributed by atoms with E-state index in [0.717, 1.165) is 29.7 Å². The average molecular weight is 272 g/mol. The summed E-state index contributed by atoms with van der Waals surface area (Å²) in [5.74, 6) is 0.153. The Kier molecular flexibility index (Phi) is 2.97. The molecule has 1 N–H and O–H groups in total. The maximum absolute atomic E-state index is 12.5. The van der Waals surface area contributed by atoms with E-state index in [1.165, 1.54) is 12.1 Å². The van der Waals surface area contributed by atoms with E-state index in [2.05, 4.69) is 18.1 Å². The Labute approximate surface area is 114 Å². The summed E-state index contributed by atoms with van der Waals surface area (Å²) in [6.07, 6.45) is 0. The average Bonchev–Trinajstić information content (AvgIpc) is 2.81. The molecule has 1 amide bonds. The lowest BCUT2D eigenvalue weighted by molar-refractivity contribution is 0.0760. The topological polar surface area (TPSA) is 36.1 Å². The van der Waals surface area contributed by atoms with Gasteiger partial charge in [0, 0.05) is 24.0 Å². The normalized spacial score (nSPS) is 18.7. The van der Waals surface area contributed by atoms with Gasteiger partial charge in [0.1, 0.15) is 5.69 Å². The number of nitrogens with one attached hydrogen (secondary N) is 1. The van der Waals surface area contributed by atoms with Crippen molar-refractivity contribution in [1.82, 2.24) is 9.88 Å². The first-order chi connectivity index (χ1) is 9.05. The van der Waals surface area contributed by atoms with Crippen molar-refractivity contribution in [2.75, 3.05) is 13.1 Å². The lowest BCUT2D eigenvalue weighted by Gasteiger charge is -2.35. The maximum atomic E-state index is 12.5. The molecule has 2 heterocycles. The second-order valence-electron chi connectivity index (χ2n) is 6.23. The van der Waals surface area contributed by atoms with Crippen LogP contribution in [0.25, 0.3) is 10.9 Å². The zero-order valence-corrected chi connectivity index (χ0v) is 12.6. The number of para-hydroxylation sites is 1. The molecule has 0 atom stereocenters. The third-order valence-electron chi connectivity index (χ3n) is 4.16. The Hall–Kier alpha value is -1.55. The van der Waals surface area contributed by atoms with Gasteiger partial charge < -0.3 is 9.88 Å². The standard InChI is InChI=1S/C15H20N2OSi/c1-19(2)9-7-17(8-10-19)15(18)14-11-12-5-3-4-6-13(12)16-14/h3-6,11,16H,7-10H2,1-2H3. The number of fused-ring (bicyclic) bond motifs is 1. The number of H-pyrrole nitrogens is 1. The largest absolute Gasteiger partial charge is 0.351 e. The van der Waals surface area contributed by atoms with Crippen LogP contribution >= 0.6 is 0 Å². The van der Waals surface area contributed by atoms with E-state index in [0.29, 0.717) is 0 Å². The SMILES string of the molecule is C[Si]1(C)CCN(C(=O)c2cc3ccccc3[nH]2)CC1. The predicted octanol–water partition coefficient (Wildman–Crippen LogP) is 3.33. The lowest BCUT2D eigenvalue weighted by Crippen LogP contribution is -2.45. The molecule has 4 heteroatoms. The van der Waals surface area contributed by atoms with Gasteiger partial charge in [0.05, 0.1) is 8.07 Å². The molecule has 19 heavy (non-hydrogen) atoms. The van der Waals surface area contributed by atoms with Crippen LogP contribution < -0.4 is 0 Å². The molecule has 0 radical (unpaired) electrons. The van der Waals surface area contributed by atoms with Crippen LogP contribution in [0.5, 0.6) is 0 Å². The van der Waals surface area contributed by atoms with E-state index in [-0.39, 0.29) is 5.91 Å². The summed E-state index contributed by atoms with van der Waals surface area (Å²) < 4.78 is 0. The molecule has 1 aliphatic heterocycles. The molecule has 0 aliphatic carbocycles. The molecule has 2 aromatic rings. The Bertz CT molecular complexity index is 574. The molecular formula is C15H20N2OSi. The van der Waals surface area contributed by atoms with Crippen molar-refractivity contribution in [2.24, 2.45) is 0 Å². The molecule has 3 nitrogen and oxygen atoms in total. The van der Waals surface area contributed by atoms with Crippen LogP contribution in [0.2, 0.25) is 25.2 Å². The quantitative estimate of drug-likeness (QED) is 0.794. The molecule has 0 saturated carbocycles. The van der Waals surface area contributed by atoms with Gasteiger partial charge in [-0.1, -0.05) is 31.3 Å². The smallest absolute Gasteiger partial charge is 0.270 e. The predicted molar refractivity (Wildman–Crippen MR) is 81.3 cm³/mol. The van der Waals surface area contributed by atoms with Gasteiger partial charge >= 0.3 is 0 Å². The Morgan fingerprint density at radius 1 is 1.21 bits per heavy atom. The summed E-state index contributed by atoms with van der Waals surface area (Å²) in [5.41, 5.74) is 1.76. The third-order valence-corrected chi connectivity index (χ3v) is 7.32. The fourth-order valence-corrected chi connectivity index (χ4v) is 4.67. The lowest BCUT2D eigenvalue weighted by atomic mass is 10.2. The van der Waals surface area contributed by atoms with Gasteiger partial charge in [-0.25, -0.2) is 0 Å². The van der Waals surface area contributed by atoms with Crippen molar-refractivity contribution < 1.29 is 4.79 Å². The second kappa shape index (κ2) is 4.53. The number of rotatable bonds is 1. The van der Waals surface area contributed by atoms with Gasteiger partial charge in [0.2, 0.25) is 0 Å². The van der Waals surface area contributed by atoms with Gasteiger partial charge in [0.25, 0.3) is 5.91 Å². The summed E-state index contributed by atoms with van der Waals surface area (Å²) in [5, 5.41) is 1.11. The second-order valence-corrected chi connectivity index (χ2v) is 11.6. The van der Waals surface area contributed by atoms with Crippen molar-refractivity contribution >= 4 is 24.9 Å². The minimum Gasteiger partial charge on any atom is -0.351 e. The Balaban J connectivity index is 1.80. The number of carbonyl (C=O) groups excluding carboxylic acids is 1. The van der Waals surface area contributed by atoms with Gasteiger partial charge in [-0.3, -0.25) is 4.79 Å². The van der Waals surface area contributed by atoms with Crippen molar-refractivity contribution in [3.63, 3.8) is 0 Å². The Morgan fingerprint density at radius 3 is 2.58 bits per heavy atom. The highest BCUT2D eigenvalue weighted by molar-refractivity contribution is 6.77. The van der Waals surface area contributed by atoms with Gasteiger partial charge in [-0.05, 0) is 24.2 Å². The Morgan fingerprint density at radius 2 is 1.89 bits per heavy atom.